The molecule has 0 unspecified atom stereocenters. The minimum Gasteiger partial charge on any atom is -0.355 e. The molecule has 0 radical (unpaired) electrons. The zero-order chi connectivity index (χ0) is 22.0. The van der Waals surface area contributed by atoms with Crippen LogP contribution in [0.1, 0.15) is 40.7 Å². The highest BCUT2D eigenvalue weighted by Crippen LogP contribution is 2.29. The van der Waals surface area contributed by atoms with Gasteiger partial charge in [0, 0.05) is 37.3 Å². The number of benzene rings is 2. The third kappa shape index (κ3) is 4.50. The zero-order valence-electron chi connectivity index (χ0n) is 17.6. The molecule has 2 N–H and O–H groups in total. The Kier molecular flexibility index (Phi) is 6.11. The van der Waals surface area contributed by atoms with Gasteiger partial charge in [0.15, 0.2) is 0 Å². The lowest BCUT2D eigenvalue weighted by Crippen LogP contribution is -2.41. The Balaban J connectivity index is 1.38. The largest absolute Gasteiger partial charge is 0.355 e. The molecule has 31 heavy (non-hydrogen) atoms. The minimum atomic E-state index is -3.55. The maximum absolute atomic E-state index is 13.1. The molecule has 8 heteroatoms. The second-order valence-corrected chi connectivity index (χ2v) is 10.0. The molecule has 0 bridgehead atoms. The molecular weight excluding hydrogens is 414 g/mol. The lowest BCUT2D eigenvalue weighted by atomic mass is 9.97. The molecule has 0 aromatic heterocycles. The van der Waals surface area contributed by atoms with Crippen molar-refractivity contribution in [3.05, 3.63) is 59.2 Å². The Morgan fingerprint density at radius 1 is 1.00 bits per heavy atom. The average molecular weight is 442 g/mol. The fraction of sp³-hybridized carbons (Fsp3) is 0.391. The number of hydrogen-bond acceptors (Lipinski definition) is 4. The van der Waals surface area contributed by atoms with E-state index in [1.54, 1.807) is 37.4 Å². The third-order valence-electron chi connectivity index (χ3n) is 6.15. The van der Waals surface area contributed by atoms with Gasteiger partial charge in [-0.05, 0) is 73.6 Å². The van der Waals surface area contributed by atoms with Crippen LogP contribution in [0.2, 0.25) is 0 Å². The first-order valence-corrected chi connectivity index (χ1v) is 12.1. The van der Waals surface area contributed by atoms with Crippen molar-refractivity contribution in [1.82, 2.24) is 9.62 Å². The summed E-state index contributed by atoms with van der Waals surface area (Å²) in [5.74, 6) is -0.639. The first-order valence-electron chi connectivity index (χ1n) is 10.6. The third-order valence-corrected chi connectivity index (χ3v) is 8.05. The second kappa shape index (κ2) is 8.80. The summed E-state index contributed by atoms with van der Waals surface area (Å²) in [6, 6.07) is 12.2. The molecule has 1 fully saturated rings. The topological polar surface area (TPSA) is 95.6 Å². The summed E-state index contributed by atoms with van der Waals surface area (Å²) in [5, 5.41) is 5.41. The molecule has 0 spiro atoms. The highest BCUT2D eigenvalue weighted by Gasteiger charge is 2.32. The molecule has 2 aliphatic rings. The number of sulfonamides is 1. The Morgan fingerprint density at radius 3 is 2.48 bits per heavy atom. The number of nitrogens with zero attached hydrogens (tertiary/aromatic N) is 1. The maximum Gasteiger partial charge on any atom is 0.251 e. The van der Waals surface area contributed by atoms with Crippen molar-refractivity contribution in [3.63, 3.8) is 0 Å². The molecule has 7 nitrogen and oxygen atoms in total. The number of hydrogen-bond donors (Lipinski definition) is 2. The summed E-state index contributed by atoms with van der Waals surface area (Å²) in [4.78, 5) is 24.8. The first kappa shape index (κ1) is 21.5. The van der Waals surface area contributed by atoms with Gasteiger partial charge in [0.25, 0.3) is 5.91 Å². The molecule has 1 aliphatic carbocycles. The lowest BCUT2D eigenvalue weighted by molar-refractivity contribution is -0.120. The SMILES string of the molecule is CNC(=O)c1cccc(NC(=O)C2CCN(S(=O)(=O)c3ccc4c(c3)CCC4)CC2)c1. The van der Waals surface area contributed by atoms with Crippen molar-refractivity contribution >= 4 is 27.5 Å². The van der Waals surface area contributed by atoms with Gasteiger partial charge >= 0.3 is 0 Å². The zero-order valence-corrected chi connectivity index (χ0v) is 18.4. The van der Waals surface area contributed by atoms with Crippen LogP contribution in [0.25, 0.3) is 0 Å². The molecule has 2 aromatic carbocycles. The van der Waals surface area contributed by atoms with Crippen LogP contribution in [0.15, 0.2) is 47.4 Å². The van der Waals surface area contributed by atoms with Crippen molar-refractivity contribution in [2.24, 2.45) is 5.92 Å². The van der Waals surface area contributed by atoms with E-state index in [4.69, 9.17) is 0 Å². The predicted molar refractivity (Wildman–Crippen MR) is 118 cm³/mol. The quantitative estimate of drug-likeness (QED) is 0.746. The summed E-state index contributed by atoms with van der Waals surface area (Å²) in [6.45, 7) is 0.631. The first-order chi connectivity index (χ1) is 14.9. The Morgan fingerprint density at radius 2 is 1.74 bits per heavy atom. The number of aryl methyl sites for hydroxylation is 2. The van der Waals surface area contributed by atoms with Crippen molar-refractivity contribution < 1.29 is 18.0 Å². The van der Waals surface area contributed by atoms with Crippen LogP contribution in [0.5, 0.6) is 0 Å². The summed E-state index contributed by atoms with van der Waals surface area (Å²) in [6.07, 6.45) is 3.95. The summed E-state index contributed by atoms with van der Waals surface area (Å²) in [7, 11) is -2.00. The van der Waals surface area contributed by atoms with Gasteiger partial charge in [-0.2, -0.15) is 4.31 Å². The fourth-order valence-electron chi connectivity index (χ4n) is 4.34. The fourth-order valence-corrected chi connectivity index (χ4v) is 5.86. The van der Waals surface area contributed by atoms with Crippen LogP contribution in [0.3, 0.4) is 0 Å². The number of amides is 2. The van der Waals surface area contributed by atoms with Crippen LogP contribution >= 0.6 is 0 Å². The van der Waals surface area contributed by atoms with Crippen molar-refractivity contribution in [2.45, 2.75) is 37.0 Å². The van der Waals surface area contributed by atoms with E-state index < -0.39 is 10.0 Å². The number of carbonyl (C=O) groups is 2. The number of anilines is 1. The average Bonchev–Trinajstić information content (AvgIpc) is 3.27. The lowest BCUT2D eigenvalue weighted by Gasteiger charge is -2.30. The van der Waals surface area contributed by atoms with E-state index in [0.29, 0.717) is 42.1 Å². The van der Waals surface area contributed by atoms with Crippen LogP contribution in [0, 0.1) is 5.92 Å². The Hall–Kier alpha value is -2.71. The molecule has 2 amide bonds. The van der Waals surface area contributed by atoms with Gasteiger partial charge in [0.1, 0.15) is 0 Å². The van der Waals surface area contributed by atoms with E-state index in [2.05, 4.69) is 10.6 Å². The van der Waals surface area contributed by atoms with Gasteiger partial charge in [-0.3, -0.25) is 9.59 Å². The number of nitrogens with one attached hydrogen (secondary N) is 2. The van der Waals surface area contributed by atoms with Crippen LogP contribution in [-0.4, -0.2) is 44.7 Å². The summed E-state index contributed by atoms with van der Waals surface area (Å²) >= 11 is 0. The normalized spacial score (nSPS) is 17.2. The Labute approximate surface area is 182 Å². The molecule has 0 saturated carbocycles. The van der Waals surface area contributed by atoms with Crippen LogP contribution in [-0.2, 0) is 27.7 Å². The van der Waals surface area contributed by atoms with E-state index in [0.717, 1.165) is 24.8 Å². The molecule has 4 rings (SSSR count). The standard InChI is InChI=1S/C23H27N3O4S/c1-24-22(27)19-6-3-7-20(14-19)25-23(28)17-10-12-26(13-11-17)31(29,30)21-9-8-16-4-2-5-18(16)15-21/h3,6-9,14-15,17H,2,4-5,10-13H2,1H3,(H,24,27)(H,25,28). The molecule has 1 saturated heterocycles. The van der Waals surface area contributed by atoms with Gasteiger partial charge in [0.05, 0.1) is 4.90 Å². The summed E-state index contributed by atoms with van der Waals surface area (Å²) < 4.78 is 27.6. The minimum absolute atomic E-state index is 0.149. The number of carbonyl (C=O) groups excluding carboxylic acids is 2. The molecule has 1 heterocycles. The van der Waals surface area contributed by atoms with Gasteiger partial charge in [-0.15, -0.1) is 0 Å². The second-order valence-electron chi connectivity index (χ2n) is 8.11. The van der Waals surface area contributed by atoms with E-state index in [-0.39, 0.29) is 17.7 Å². The molecular formula is C23H27N3O4S. The number of rotatable bonds is 5. The predicted octanol–water partition coefficient (Wildman–Crippen LogP) is 2.57. The van der Waals surface area contributed by atoms with Crippen molar-refractivity contribution in [2.75, 3.05) is 25.5 Å². The number of fused-ring (bicyclic) bond motifs is 1. The van der Waals surface area contributed by atoms with Crippen LogP contribution in [0.4, 0.5) is 5.69 Å². The smallest absolute Gasteiger partial charge is 0.251 e. The van der Waals surface area contributed by atoms with E-state index in [9.17, 15) is 18.0 Å². The van der Waals surface area contributed by atoms with Gasteiger partial charge < -0.3 is 10.6 Å². The van der Waals surface area contributed by atoms with E-state index >= 15 is 0 Å². The van der Waals surface area contributed by atoms with E-state index in [1.807, 2.05) is 12.1 Å². The van der Waals surface area contributed by atoms with Gasteiger partial charge in [-0.25, -0.2) is 8.42 Å². The summed E-state index contributed by atoms with van der Waals surface area (Å²) in [5.41, 5.74) is 3.40. The Bertz CT molecular complexity index is 1110. The monoisotopic (exact) mass is 441 g/mol. The molecule has 1 aliphatic heterocycles. The number of piperidine rings is 1. The van der Waals surface area contributed by atoms with E-state index in [1.165, 1.54) is 9.87 Å². The highest BCUT2D eigenvalue weighted by atomic mass is 32.2. The molecule has 2 aromatic rings. The van der Waals surface area contributed by atoms with Gasteiger partial charge in [-0.1, -0.05) is 12.1 Å². The van der Waals surface area contributed by atoms with Crippen molar-refractivity contribution in [1.29, 1.82) is 0 Å². The molecule has 164 valence electrons. The van der Waals surface area contributed by atoms with Crippen molar-refractivity contribution in [3.8, 4) is 0 Å². The van der Waals surface area contributed by atoms with Gasteiger partial charge in [0.2, 0.25) is 15.9 Å². The van der Waals surface area contributed by atoms with Crippen LogP contribution < -0.4 is 10.6 Å². The maximum atomic E-state index is 13.1. The highest BCUT2D eigenvalue weighted by molar-refractivity contribution is 7.89. The molecule has 0 atom stereocenters.